The number of nitrogens with zero attached hydrogens (tertiary/aromatic N) is 1. The molecule has 1 unspecified atom stereocenters. The molecule has 1 atom stereocenters. The molecule has 1 heterocycles. The van der Waals surface area contributed by atoms with Gasteiger partial charge in [0.05, 0.1) is 11.5 Å². The van der Waals surface area contributed by atoms with Gasteiger partial charge in [0.25, 0.3) is 0 Å². The number of hydrogen-bond donors (Lipinski definition) is 1. The van der Waals surface area contributed by atoms with Crippen LogP contribution in [0.5, 0.6) is 0 Å². The molecule has 2 aromatic rings. The number of carbonyl (C=O) groups excluding carboxylic acids is 2. The van der Waals surface area contributed by atoms with Gasteiger partial charge in [-0.1, -0.05) is 17.7 Å². The summed E-state index contributed by atoms with van der Waals surface area (Å²) in [4.78, 5) is 26.7. The second kappa shape index (κ2) is 7.30. The molecule has 1 fully saturated rings. The third kappa shape index (κ3) is 4.03. The van der Waals surface area contributed by atoms with E-state index < -0.39 is 17.7 Å². The molecule has 1 aliphatic rings. The highest BCUT2D eigenvalue weighted by Gasteiger charge is 2.36. The van der Waals surface area contributed by atoms with Crippen molar-refractivity contribution in [2.24, 2.45) is 5.92 Å². The minimum atomic E-state index is -4.43. The molecule has 7 heteroatoms. The number of carbonyl (C=O) groups is 2. The van der Waals surface area contributed by atoms with Gasteiger partial charge in [0.15, 0.2) is 0 Å². The maximum absolute atomic E-state index is 12.6. The van der Waals surface area contributed by atoms with Crippen molar-refractivity contribution in [1.29, 1.82) is 0 Å². The maximum atomic E-state index is 12.6. The summed E-state index contributed by atoms with van der Waals surface area (Å²) in [6.45, 7) is 6.09. The van der Waals surface area contributed by atoms with Gasteiger partial charge < -0.3 is 10.2 Å². The zero-order valence-electron chi connectivity index (χ0n) is 15.9. The van der Waals surface area contributed by atoms with Crippen LogP contribution < -0.4 is 10.2 Å². The second-order valence-corrected chi connectivity index (χ2v) is 7.22. The fourth-order valence-corrected chi connectivity index (χ4v) is 3.68. The Labute approximate surface area is 161 Å². The summed E-state index contributed by atoms with van der Waals surface area (Å²) >= 11 is 0. The van der Waals surface area contributed by atoms with Gasteiger partial charge in [-0.2, -0.15) is 13.2 Å². The molecule has 0 aromatic heterocycles. The minimum Gasteiger partial charge on any atom is -0.326 e. The fraction of sp³-hybridized carbons (Fsp3) is 0.333. The second-order valence-electron chi connectivity index (χ2n) is 7.22. The Balaban J connectivity index is 1.72. The van der Waals surface area contributed by atoms with Gasteiger partial charge in [-0.05, 0) is 56.2 Å². The van der Waals surface area contributed by atoms with Crippen LogP contribution in [0, 0.1) is 26.7 Å². The Bertz CT molecular complexity index is 897. The lowest BCUT2D eigenvalue weighted by Crippen LogP contribution is -2.29. The Morgan fingerprint density at radius 2 is 1.64 bits per heavy atom. The predicted molar refractivity (Wildman–Crippen MR) is 101 cm³/mol. The highest BCUT2D eigenvalue weighted by atomic mass is 19.4. The fourth-order valence-electron chi connectivity index (χ4n) is 3.68. The van der Waals surface area contributed by atoms with E-state index in [1.165, 1.54) is 12.1 Å². The summed E-state index contributed by atoms with van der Waals surface area (Å²) in [6, 6.07) is 8.24. The average molecular weight is 390 g/mol. The molecule has 1 aliphatic heterocycles. The van der Waals surface area contributed by atoms with Gasteiger partial charge in [-0.25, -0.2) is 0 Å². The molecule has 1 saturated heterocycles. The van der Waals surface area contributed by atoms with Gasteiger partial charge in [-0.3, -0.25) is 9.59 Å². The topological polar surface area (TPSA) is 49.4 Å². The van der Waals surface area contributed by atoms with Crippen LogP contribution in [0.2, 0.25) is 0 Å². The van der Waals surface area contributed by atoms with Gasteiger partial charge in [0, 0.05) is 24.3 Å². The van der Waals surface area contributed by atoms with E-state index in [2.05, 4.69) is 5.32 Å². The third-order valence-corrected chi connectivity index (χ3v) is 4.88. The van der Waals surface area contributed by atoms with Crippen molar-refractivity contribution < 1.29 is 22.8 Å². The summed E-state index contributed by atoms with van der Waals surface area (Å²) in [5.74, 6) is -1.07. The van der Waals surface area contributed by atoms with Crippen molar-refractivity contribution in [3.63, 3.8) is 0 Å². The van der Waals surface area contributed by atoms with Gasteiger partial charge in [0.1, 0.15) is 0 Å². The van der Waals surface area contributed by atoms with Crippen LogP contribution in [-0.2, 0) is 15.8 Å². The first-order valence-corrected chi connectivity index (χ1v) is 8.92. The lowest BCUT2D eigenvalue weighted by Gasteiger charge is -2.22. The van der Waals surface area contributed by atoms with Gasteiger partial charge in [-0.15, -0.1) is 0 Å². The van der Waals surface area contributed by atoms with Crippen molar-refractivity contribution >= 4 is 23.2 Å². The SMILES string of the molecule is Cc1cc(C)c(N2CC(C(=O)Nc3ccc(C(F)(F)F)cc3)CC2=O)c(C)c1. The van der Waals surface area contributed by atoms with Crippen LogP contribution in [0.25, 0.3) is 0 Å². The highest BCUT2D eigenvalue weighted by molar-refractivity contribution is 6.04. The van der Waals surface area contributed by atoms with E-state index in [0.29, 0.717) is 0 Å². The summed E-state index contributed by atoms with van der Waals surface area (Å²) in [6.07, 6.45) is -4.36. The summed E-state index contributed by atoms with van der Waals surface area (Å²) in [7, 11) is 0. The van der Waals surface area contributed by atoms with Crippen molar-refractivity contribution in [3.05, 3.63) is 58.7 Å². The number of aryl methyl sites for hydroxylation is 3. The van der Waals surface area contributed by atoms with Crippen molar-refractivity contribution in [2.75, 3.05) is 16.8 Å². The number of hydrogen-bond acceptors (Lipinski definition) is 2. The van der Waals surface area contributed by atoms with Crippen LogP contribution in [0.1, 0.15) is 28.7 Å². The monoisotopic (exact) mass is 390 g/mol. The highest BCUT2D eigenvalue weighted by Crippen LogP contribution is 2.33. The molecule has 148 valence electrons. The van der Waals surface area contributed by atoms with Crippen LogP contribution in [0.3, 0.4) is 0 Å². The molecule has 4 nitrogen and oxygen atoms in total. The van der Waals surface area contributed by atoms with Gasteiger partial charge >= 0.3 is 6.18 Å². The van der Waals surface area contributed by atoms with E-state index in [0.717, 1.165) is 34.5 Å². The first-order valence-electron chi connectivity index (χ1n) is 8.92. The normalized spacial score (nSPS) is 17.1. The standard InChI is InChI=1S/C21H21F3N2O2/c1-12-8-13(2)19(14(3)9-12)26-11-15(10-18(26)27)20(28)25-17-6-4-16(5-7-17)21(22,23)24/h4-9,15H,10-11H2,1-3H3,(H,25,28). The largest absolute Gasteiger partial charge is 0.416 e. The molecule has 0 saturated carbocycles. The van der Waals surface area contributed by atoms with Crippen LogP contribution >= 0.6 is 0 Å². The summed E-state index contributed by atoms with van der Waals surface area (Å²) in [5, 5.41) is 2.61. The van der Waals surface area contributed by atoms with E-state index in [9.17, 15) is 22.8 Å². The molecule has 0 spiro atoms. The Morgan fingerprint density at radius 1 is 1.07 bits per heavy atom. The van der Waals surface area contributed by atoms with Crippen molar-refractivity contribution in [3.8, 4) is 0 Å². The molecule has 2 amide bonds. The smallest absolute Gasteiger partial charge is 0.326 e. The van der Waals surface area contributed by atoms with E-state index in [1.807, 2.05) is 32.9 Å². The molecule has 3 rings (SSSR count). The zero-order valence-corrected chi connectivity index (χ0v) is 15.9. The van der Waals surface area contributed by atoms with E-state index >= 15 is 0 Å². The quantitative estimate of drug-likeness (QED) is 0.831. The minimum absolute atomic E-state index is 0.0687. The molecule has 1 N–H and O–H groups in total. The summed E-state index contributed by atoms with van der Waals surface area (Å²) in [5.41, 5.74) is 3.34. The third-order valence-electron chi connectivity index (χ3n) is 4.88. The lowest BCUT2D eigenvalue weighted by molar-refractivity contribution is -0.137. The maximum Gasteiger partial charge on any atom is 0.416 e. The number of alkyl halides is 3. The number of nitrogens with one attached hydrogen (secondary N) is 1. The lowest BCUT2D eigenvalue weighted by atomic mass is 10.0. The first kappa shape index (κ1) is 19.9. The van der Waals surface area contributed by atoms with E-state index in [1.54, 1.807) is 4.90 Å². The van der Waals surface area contributed by atoms with E-state index in [4.69, 9.17) is 0 Å². The molecule has 0 aliphatic carbocycles. The Morgan fingerprint density at radius 3 is 2.18 bits per heavy atom. The number of benzene rings is 2. The summed E-state index contributed by atoms with van der Waals surface area (Å²) < 4.78 is 37.9. The predicted octanol–water partition coefficient (Wildman–Crippen LogP) is 4.62. The molecular weight excluding hydrogens is 369 g/mol. The van der Waals surface area contributed by atoms with E-state index in [-0.39, 0.29) is 30.5 Å². The van der Waals surface area contributed by atoms with Crippen LogP contribution in [0.15, 0.2) is 36.4 Å². The van der Waals surface area contributed by atoms with Gasteiger partial charge in [0.2, 0.25) is 11.8 Å². The first-order chi connectivity index (χ1) is 13.1. The number of halogens is 3. The zero-order chi connectivity index (χ0) is 20.6. The molecular formula is C21H21F3N2O2. The Hall–Kier alpha value is -2.83. The average Bonchev–Trinajstić information content (AvgIpc) is 2.95. The molecule has 0 radical (unpaired) electrons. The van der Waals surface area contributed by atoms with Crippen molar-refractivity contribution in [2.45, 2.75) is 33.4 Å². The molecule has 0 bridgehead atoms. The van der Waals surface area contributed by atoms with Crippen molar-refractivity contribution in [1.82, 2.24) is 0 Å². The number of amides is 2. The van der Waals surface area contributed by atoms with Crippen LogP contribution in [0.4, 0.5) is 24.5 Å². The molecule has 28 heavy (non-hydrogen) atoms. The van der Waals surface area contributed by atoms with Crippen LogP contribution in [-0.4, -0.2) is 18.4 Å². The number of rotatable bonds is 3. The molecule has 2 aromatic carbocycles. The Kier molecular flexibility index (Phi) is 5.19. The number of anilines is 2.